The van der Waals surface area contributed by atoms with E-state index in [1.54, 1.807) is 6.07 Å². The molecule has 0 radical (unpaired) electrons. The molecule has 1 aromatic rings. The lowest BCUT2D eigenvalue weighted by molar-refractivity contribution is -0.132. The first-order chi connectivity index (χ1) is 8.41. The van der Waals surface area contributed by atoms with Crippen molar-refractivity contribution in [3.63, 3.8) is 0 Å². The zero-order chi connectivity index (χ0) is 13.0. The Labute approximate surface area is 99.5 Å². The zero-order valence-electron chi connectivity index (χ0n) is 8.99. The maximum absolute atomic E-state index is 12.5. The minimum Gasteiger partial charge on any atom is -0.457 e. The van der Waals surface area contributed by atoms with Crippen LogP contribution in [0.5, 0.6) is 0 Å². The van der Waals surface area contributed by atoms with E-state index in [-0.39, 0.29) is 12.8 Å². The molecule has 0 N–H and O–H groups in total. The first-order valence-corrected chi connectivity index (χ1v) is 5.22. The van der Waals surface area contributed by atoms with E-state index >= 15 is 0 Å². The molecule has 2 heterocycles. The van der Waals surface area contributed by atoms with Gasteiger partial charge in [0.25, 0.3) is 5.91 Å². The Balaban J connectivity index is 1.92. The normalized spacial score (nSPS) is 26.2. The summed E-state index contributed by atoms with van der Waals surface area (Å²) in [5.41, 5.74) is -0.0163. The molecule has 94 valence electrons. The van der Waals surface area contributed by atoms with Crippen molar-refractivity contribution in [3.8, 4) is 0 Å². The van der Waals surface area contributed by atoms with Crippen molar-refractivity contribution >= 4 is 11.8 Å². The number of aliphatic imine (C=N–C) groups is 1. The number of hydrogen-bond acceptors (Lipinski definition) is 3. The van der Waals surface area contributed by atoms with E-state index in [1.807, 2.05) is 0 Å². The fraction of sp³-hybridized carbons (Fsp3) is 0.364. The molecular weight excluding hydrogens is 249 g/mol. The second-order valence-electron chi connectivity index (χ2n) is 4.31. The number of fused-ring (bicyclic) bond motifs is 1. The number of aromatic nitrogens is 1. The van der Waals surface area contributed by atoms with Crippen LogP contribution in [0.1, 0.15) is 11.1 Å². The molecule has 0 saturated heterocycles. The second kappa shape index (κ2) is 3.30. The highest BCUT2D eigenvalue weighted by Crippen LogP contribution is 2.39. The number of carbonyl (C=O) groups excluding carboxylic acids is 1. The van der Waals surface area contributed by atoms with Crippen LogP contribution in [0.3, 0.4) is 0 Å². The first kappa shape index (κ1) is 11.2. The molecule has 2 aliphatic rings. The molecule has 1 unspecified atom stereocenters. The molecule has 18 heavy (non-hydrogen) atoms. The summed E-state index contributed by atoms with van der Waals surface area (Å²) < 4.78 is 42.3. The van der Waals surface area contributed by atoms with Crippen molar-refractivity contribution < 1.29 is 22.7 Å². The molecule has 1 spiro atoms. The monoisotopic (exact) mass is 256 g/mol. The summed E-state index contributed by atoms with van der Waals surface area (Å²) in [5, 5.41) is 0. The Kier molecular flexibility index (Phi) is 2.05. The number of hydrogen-bond donors (Lipinski definition) is 0. The van der Waals surface area contributed by atoms with Crippen LogP contribution in [-0.2, 0) is 22.4 Å². The number of alkyl halides is 3. The molecule has 0 fully saturated rings. The number of ether oxygens (including phenoxy) is 1. The summed E-state index contributed by atoms with van der Waals surface area (Å²) in [6.45, 7) is 0. The molecule has 1 aromatic heterocycles. The lowest BCUT2D eigenvalue weighted by Gasteiger charge is -2.20. The van der Waals surface area contributed by atoms with E-state index in [1.165, 1.54) is 12.4 Å². The third-order valence-electron chi connectivity index (χ3n) is 3.08. The number of rotatable bonds is 0. The largest absolute Gasteiger partial charge is 0.468 e. The maximum Gasteiger partial charge on any atom is 0.468 e. The van der Waals surface area contributed by atoms with Gasteiger partial charge in [0.05, 0.1) is 0 Å². The van der Waals surface area contributed by atoms with Crippen LogP contribution in [0.25, 0.3) is 0 Å². The highest BCUT2D eigenvalue weighted by Gasteiger charge is 2.56. The zero-order valence-corrected chi connectivity index (χ0v) is 8.99. The van der Waals surface area contributed by atoms with Crippen molar-refractivity contribution in [1.82, 2.24) is 4.98 Å². The predicted octanol–water partition coefficient (Wildman–Crippen LogP) is 1.44. The number of amides is 1. The first-order valence-electron chi connectivity index (χ1n) is 5.22. The quantitative estimate of drug-likeness (QED) is 0.705. The van der Waals surface area contributed by atoms with Gasteiger partial charge in [-0.25, -0.2) is 0 Å². The third-order valence-corrected chi connectivity index (χ3v) is 3.08. The number of nitrogens with zero attached hydrogens (tertiary/aromatic N) is 2. The Hall–Kier alpha value is -1.92. The Bertz CT molecular complexity index is 541. The van der Waals surface area contributed by atoms with E-state index < -0.39 is 23.6 Å². The standard InChI is InChI=1S/C11H7F3N2O2/c12-11(13,14)9-16-8(17)10(18-9)3-6-1-2-15-5-7(6)4-10/h1-2,5H,3-4H2. The molecule has 7 heteroatoms. The minimum absolute atomic E-state index is 0.0814. The van der Waals surface area contributed by atoms with Gasteiger partial charge in [-0.1, -0.05) is 0 Å². The highest BCUT2D eigenvalue weighted by molar-refractivity contribution is 6.04. The maximum atomic E-state index is 12.5. The third kappa shape index (κ3) is 1.50. The topological polar surface area (TPSA) is 51.5 Å². The van der Waals surface area contributed by atoms with E-state index in [4.69, 9.17) is 4.74 Å². The molecule has 0 bridgehead atoms. The lowest BCUT2D eigenvalue weighted by Crippen LogP contribution is -2.40. The van der Waals surface area contributed by atoms with Gasteiger partial charge in [-0.3, -0.25) is 9.78 Å². The number of halogens is 3. The van der Waals surface area contributed by atoms with Crippen LogP contribution >= 0.6 is 0 Å². The van der Waals surface area contributed by atoms with Crippen molar-refractivity contribution in [1.29, 1.82) is 0 Å². The molecule has 1 atom stereocenters. The molecule has 1 aliphatic heterocycles. The van der Waals surface area contributed by atoms with Gasteiger partial charge in [0.2, 0.25) is 0 Å². The van der Waals surface area contributed by atoms with Crippen molar-refractivity contribution in [2.75, 3.05) is 0 Å². The van der Waals surface area contributed by atoms with Gasteiger partial charge in [0, 0.05) is 25.2 Å². The summed E-state index contributed by atoms with van der Waals surface area (Å²) in [7, 11) is 0. The Morgan fingerprint density at radius 3 is 2.61 bits per heavy atom. The predicted molar refractivity (Wildman–Crippen MR) is 54.0 cm³/mol. The van der Waals surface area contributed by atoms with Gasteiger partial charge in [-0.15, -0.1) is 0 Å². The van der Waals surface area contributed by atoms with Crippen molar-refractivity contribution in [3.05, 3.63) is 29.6 Å². The van der Waals surface area contributed by atoms with E-state index in [9.17, 15) is 18.0 Å². The van der Waals surface area contributed by atoms with Gasteiger partial charge in [0.1, 0.15) is 0 Å². The second-order valence-corrected chi connectivity index (χ2v) is 4.31. The summed E-state index contributed by atoms with van der Waals surface area (Å²) in [6, 6.07) is 1.67. The number of pyridine rings is 1. The van der Waals surface area contributed by atoms with Crippen LogP contribution in [0.4, 0.5) is 13.2 Å². The van der Waals surface area contributed by atoms with Crippen LogP contribution in [0.15, 0.2) is 23.5 Å². The van der Waals surface area contributed by atoms with Crippen LogP contribution < -0.4 is 0 Å². The summed E-state index contributed by atoms with van der Waals surface area (Å²) in [4.78, 5) is 18.6. The van der Waals surface area contributed by atoms with E-state index in [0.717, 1.165) is 11.1 Å². The summed E-state index contributed by atoms with van der Waals surface area (Å²) in [6.07, 6.45) is -1.48. The minimum atomic E-state index is -4.73. The molecular formula is C11H7F3N2O2. The van der Waals surface area contributed by atoms with Gasteiger partial charge in [0.15, 0.2) is 5.60 Å². The van der Waals surface area contributed by atoms with E-state index in [0.29, 0.717) is 0 Å². The van der Waals surface area contributed by atoms with Crippen LogP contribution in [-0.4, -0.2) is 28.6 Å². The molecule has 0 saturated carbocycles. The summed E-state index contributed by atoms with van der Waals surface area (Å²) >= 11 is 0. The average Bonchev–Trinajstić information content (AvgIpc) is 2.80. The number of carbonyl (C=O) groups is 1. The molecule has 1 aliphatic carbocycles. The fourth-order valence-corrected chi connectivity index (χ4v) is 2.26. The Morgan fingerprint density at radius 1 is 1.28 bits per heavy atom. The van der Waals surface area contributed by atoms with Crippen LogP contribution in [0, 0.1) is 0 Å². The van der Waals surface area contributed by atoms with Crippen LogP contribution in [0.2, 0.25) is 0 Å². The molecule has 3 rings (SSSR count). The van der Waals surface area contributed by atoms with E-state index in [2.05, 4.69) is 9.98 Å². The SMILES string of the molecule is O=C1N=C(C(F)(F)F)OC12Cc1ccncc1C2. The van der Waals surface area contributed by atoms with Gasteiger partial charge in [-0.2, -0.15) is 18.2 Å². The highest BCUT2D eigenvalue weighted by atomic mass is 19.4. The van der Waals surface area contributed by atoms with Crippen molar-refractivity contribution in [2.45, 2.75) is 24.6 Å². The smallest absolute Gasteiger partial charge is 0.457 e. The molecule has 4 nitrogen and oxygen atoms in total. The Morgan fingerprint density at radius 2 is 2.00 bits per heavy atom. The molecule has 1 amide bonds. The lowest BCUT2D eigenvalue weighted by atomic mass is 10.0. The fourth-order valence-electron chi connectivity index (χ4n) is 2.26. The van der Waals surface area contributed by atoms with Gasteiger partial charge >= 0.3 is 12.1 Å². The van der Waals surface area contributed by atoms with Crippen molar-refractivity contribution in [2.24, 2.45) is 4.99 Å². The average molecular weight is 256 g/mol. The summed E-state index contributed by atoms with van der Waals surface area (Å²) in [5.74, 6) is -2.32. The van der Waals surface area contributed by atoms with Gasteiger partial charge < -0.3 is 4.74 Å². The van der Waals surface area contributed by atoms with Gasteiger partial charge in [-0.05, 0) is 17.2 Å². The molecule has 0 aromatic carbocycles.